The van der Waals surface area contributed by atoms with E-state index >= 15 is 0 Å². The molecule has 5 aromatic carbocycles. The molecule has 1 atom stereocenters. The number of ether oxygens (including phenoxy) is 2. The predicted octanol–water partition coefficient (Wildman–Crippen LogP) is 7.32. The van der Waals surface area contributed by atoms with Gasteiger partial charge in [-0.1, -0.05) is 147 Å². The zero-order chi connectivity index (χ0) is 31.8. The second kappa shape index (κ2) is 15.2. The molecule has 0 radical (unpaired) electrons. The SMILES string of the molecule is COc1c([PH3+])cc(C2CCCC2)c(OC)c1C1CCCC1.c1ccc([B-](c2ccccc2)(c2ccccc2)c2ccccc2)cc1. The van der Waals surface area contributed by atoms with Gasteiger partial charge in [0.15, 0.2) is 5.75 Å². The van der Waals surface area contributed by atoms with Crippen LogP contribution in [0.15, 0.2) is 127 Å². The molecule has 1 unspecified atom stereocenters. The Hall–Kier alpha value is -3.81. The lowest BCUT2D eigenvalue weighted by Crippen LogP contribution is -2.74. The average molecular weight is 627 g/mol. The molecule has 0 aromatic heterocycles. The van der Waals surface area contributed by atoms with Crippen LogP contribution < -0.4 is 36.6 Å². The Balaban J connectivity index is 0.000000164. The summed E-state index contributed by atoms with van der Waals surface area (Å²) in [6, 6.07) is 45.9. The summed E-state index contributed by atoms with van der Waals surface area (Å²) in [4.78, 5) is 0. The minimum absolute atomic E-state index is 0.625. The molecule has 2 aliphatic carbocycles. The van der Waals surface area contributed by atoms with Gasteiger partial charge in [-0.3, -0.25) is 0 Å². The lowest BCUT2D eigenvalue weighted by molar-refractivity contribution is 0.375. The molecule has 2 aliphatic rings. The van der Waals surface area contributed by atoms with Crippen LogP contribution in [0.1, 0.15) is 74.3 Å². The average Bonchev–Trinajstić information content (AvgIpc) is 3.86. The van der Waals surface area contributed by atoms with E-state index in [-0.39, 0.29) is 0 Å². The highest BCUT2D eigenvalue weighted by Crippen LogP contribution is 2.48. The fraction of sp³-hybridized carbons (Fsp3) is 0.286. The molecule has 2 saturated carbocycles. The fourth-order valence-electron chi connectivity index (χ4n) is 8.47. The minimum Gasteiger partial charge on any atom is -0.496 e. The lowest BCUT2D eigenvalue weighted by Gasteiger charge is -2.44. The molecule has 0 saturated heterocycles. The van der Waals surface area contributed by atoms with Gasteiger partial charge < -0.3 is 9.47 Å². The van der Waals surface area contributed by atoms with Gasteiger partial charge in [0.2, 0.25) is 0 Å². The van der Waals surface area contributed by atoms with Crippen LogP contribution in [0.2, 0.25) is 0 Å². The first kappa shape index (κ1) is 32.1. The summed E-state index contributed by atoms with van der Waals surface area (Å²) in [7, 11) is 5.60. The maximum Gasteiger partial charge on any atom is 0.167 e. The van der Waals surface area contributed by atoms with Gasteiger partial charge >= 0.3 is 0 Å². The smallest absolute Gasteiger partial charge is 0.167 e. The normalized spacial score (nSPS) is 15.3. The van der Waals surface area contributed by atoms with Gasteiger partial charge in [-0.05, 0) is 43.6 Å². The van der Waals surface area contributed by atoms with E-state index in [1.165, 1.54) is 89.6 Å². The van der Waals surface area contributed by atoms with Crippen molar-refractivity contribution in [3.63, 3.8) is 0 Å². The molecular formula is C42H48BO2P. The zero-order valence-electron chi connectivity index (χ0n) is 27.5. The fourth-order valence-corrected chi connectivity index (χ4v) is 9.02. The van der Waals surface area contributed by atoms with E-state index in [9.17, 15) is 0 Å². The highest BCUT2D eigenvalue weighted by molar-refractivity contribution is 7.27. The quantitative estimate of drug-likeness (QED) is 0.133. The van der Waals surface area contributed by atoms with Gasteiger partial charge in [0.25, 0.3) is 0 Å². The molecule has 2 nitrogen and oxygen atoms in total. The molecule has 236 valence electrons. The number of hydrogen-bond donors (Lipinski definition) is 0. The summed E-state index contributed by atoms with van der Waals surface area (Å²) in [6.07, 6.45) is 9.38. The van der Waals surface area contributed by atoms with Crippen molar-refractivity contribution >= 4 is 42.5 Å². The van der Waals surface area contributed by atoms with E-state index in [1.807, 2.05) is 16.3 Å². The Bertz CT molecular complexity index is 1500. The second-order valence-electron chi connectivity index (χ2n) is 13.1. The molecular weight excluding hydrogens is 578 g/mol. The van der Waals surface area contributed by atoms with E-state index in [0.717, 1.165) is 11.5 Å². The van der Waals surface area contributed by atoms with Crippen LogP contribution >= 0.6 is 9.24 Å². The molecule has 0 bridgehead atoms. The van der Waals surface area contributed by atoms with Crippen LogP contribution in [0.5, 0.6) is 11.5 Å². The van der Waals surface area contributed by atoms with E-state index in [0.29, 0.717) is 11.8 Å². The van der Waals surface area contributed by atoms with Crippen molar-refractivity contribution in [2.24, 2.45) is 0 Å². The summed E-state index contributed by atoms with van der Waals surface area (Å²) in [5.41, 5.74) is 8.17. The molecule has 0 N–H and O–H groups in total. The number of benzene rings is 5. The van der Waals surface area contributed by atoms with Crippen molar-refractivity contribution in [2.45, 2.75) is 63.2 Å². The number of methoxy groups -OCH3 is 2. The third-order valence-corrected chi connectivity index (χ3v) is 11.1. The molecule has 0 aliphatic heterocycles. The molecule has 2 fully saturated rings. The molecule has 7 rings (SSSR count). The van der Waals surface area contributed by atoms with Gasteiger partial charge in [-0.15, -0.1) is 0 Å². The van der Waals surface area contributed by atoms with Crippen LogP contribution in [-0.2, 0) is 0 Å². The molecule has 0 spiro atoms. The molecule has 46 heavy (non-hydrogen) atoms. The Kier molecular flexibility index (Phi) is 10.6. The van der Waals surface area contributed by atoms with Gasteiger partial charge in [0.1, 0.15) is 17.2 Å². The Labute approximate surface area is 278 Å². The van der Waals surface area contributed by atoms with Crippen LogP contribution in [-0.4, -0.2) is 20.4 Å². The van der Waals surface area contributed by atoms with Gasteiger partial charge in [-0.25, -0.2) is 0 Å². The summed E-state index contributed by atoms with van der Waals surface area (Å²) in [5.74, 6) is 3.54. The summed E-state index contributed by atoms with van der Waals surface area (Å²) < 4.78 is 11.7. The number of hydrogen-bond acceptors (Lipinski definition) is 2. The Morgan fingerprint density at radius 2 is 0.848 bits per heavy atom. The van der Waals surface area contributed by atoms with Gasteiger partial charge in [-0.2, -0.15) is 21.9 Å². The first-order valence-corrected chi connectivity index (χ1v) is 17.9. The third-order valence-electron chi connectivity index (χ3n) is 10.5. The molecule has 5 aromatic rings. The van der Waals surface area contributed by atoms with E-state index < -0.39 is 6.15 Å². The largest absolute Gasteiger partial charge is 0.496 e. The van der Waals surface area contributed by atoms with Crippen molar-refractivity contribution in [2.75, 3.05) is 14.2 Å². The van der Waals surface area contributed by atoms with Crippen molar-refractivity contribution in [1.82, 2.24) is 0 Å². The first-order chi connectivity index (χ1) is 22.7. The molecule has 0 amide bonds. The standard InChI is InChI=1S/C24H20B.C18H27O2P/c1-5-13-21(14-6-1)25(22-15-7-2-8-16-22,23-17-9-3-10-18-23)24-19-11-4-12-20-24;1-19-17-14(12-7-3-4-8-12)11-15(21)18(20-2)16(17)13-9-5-6-10-13/h1-20H;11-13H,3-10,21H2,1-2H3/q-1;/p+1. The van der Waals surface area contributed by atoms with Gasteiger partial charge in [0, 0.05) is 20.4 Å². The van der Waals surface area contributed by atoms with E-state index in [4.69, 9.17) is 9.47 Å². The van der Waals surface area contributed by atoms with Crippen molar-refractivity contribution in [1.29, 1.82) is 0 Å². The number of rotatable bonds is 8. The van der Waals surface area contributed by atoms with Crippen LogP contribution in [0.25, 0.3) is 0 Å². The highest BCUT2D eigenvalue weighted by Gasteiger charge is 2.33. The first-order valence-electron chi connectivity index (χ1n) is 17.2. The predicted molar refractivity (Wildman–Crippen MR) is 203 cm³/mol. The maximum atomic E-state index is 5.92. The zero-order valence-corrected chi connectivity index (χ0v) is 29.0. The lowest BCUT2D eigenvalue weighted by atomic mass is 9.13. The van der Waals surface area contributed by atoms with Crippen LogP contribution in [0.3, 0.4) is 0 Å². The van der Waals surface area contributed by atoms with E-state index in [2.05, 4.69) is 127 Å². The summed E-state index contributed by atoms with van der Waals surface area (Å²) >= 11 is 0. The highest BCUT2D eigenvalue weighted by atomic mass is 31.0. The van der Waals surface area contributed by atoms with Crippen molar-refractivity contribution in [3.05, 3.63) is 139 Å². The second-order valence-corrected chi connectivity index (χ2v) is 13.8. The van der Waals surface area contributed by atoms with Crippen LogP contribution in [0, 0.1) is 0 Å². The summed E-state index contributed by atoms with van der Waals surface area (Å²) in [6.45, 7) is 0. The van der Waals surface area contributed by atoms with Crippen molar-refractivity contribution in [3.8, 4) is 11.5 Å². The Morgan fingerprint density at radius 3 is 1.20 bits per heavy atom. The van der Waals surface area contributed by atoms with Crippen LogP contribution in [0.4, 0.5) is 0 Å². The third kappa shape index (κ3) is 6.40. The van der Waals surface area contributed by atoms with Gasteiger partial charge in [0.05, 0.1) is 14.2 Å². The van der Waals surface area contributed by atoms with E-state index in [1.54, 1.807) is 7.11 Å². The molecule has 0 heterocycles. The molecule has 4 heteroatoms. The maximum absolute atomic E-state index is 5.92. The Morgan fingerprint density at radius 1 is 0.500 bits per heavy atom. The van der Waals surface area contributed by atoms with Crippen molar-refractivity contribution < 1.29 is 9.47 Å². The summed E-state index contributed by atoms with van der Waals surface area (Å²) in [5, 5.41) is 1.31. The monoisotopic (exact) mass is 626 g/mol. The minimum atomic E-state index is -1.22. The topological polar surface area (TPSA) is 18.5 Å².